The van der Waals surface area contributed by atoms with Crippen molar-refractivity contribution in [3.05, 3.63) is 72.4 Å². The number of hydrogen-bond donors (Lipinski definition) is 4. The molecular formula is C48H54N8O7. The van der Waals surface area contributed by atoms with Gasteiger partial charge in [-0.1, -0.05) is 45.9 Å². The normalized spacial score (nSPS) is 22.2. The molecule has 0 radical (unpaired) electrons. The summed E-state index contributed by atoms with van der Waals surface area (Å²) in [7, 11) is 2.61. The average Bonchev–Trinajstić information content (AvgIpc) is 3.97. The highest BCUT2D eigenvalue weighted by molar-refractivity contribution is 6.07. The zero-order chi connectivity index (χ0) is 43.9. The smallest absolute Gasteiger partial charge is 0.407 e. The fourth-order valence-corrected chi connectivity index (χ4v) is 10.6. The molecule has 10 rings (SSSR count). The lowest BCUT2D eigenvalue weighted by molar-refractivity contribution is -0.139. The minimum Gasteiger partial charge on any atom is -0.456 e. The molecule has 15 heteroatoms. The lowest BCUT2D eigenvalue weighted by Crippen LogP contribution is -2.54. The number of methoxy groups -OCH3 is 2. The Morgan fingerprint density at radius 2 is 1.43 bits per heavy atom. The van der Waals surface area contributed by atoms with E-state index in [-0.39, 0.29) is 47.2 Å². The predicted molar refractivity (Wildman–Crippen MR) is 236 cm³/mol. The molecule has 4 fully saturated rings. The van der Waals surface area contributed by atoms with Crippen molar-refractivity contribution in [3.8, 4) is 22.4 Å². The van der Waals surface area contributed by atoms with E-state index in [4.69, 9.17) is 23.9 Å². The highest BCUT2D eigenvalue weighted by Crippen LogP contribution is 2.58. The molecule has 6 atom stereocenters. The highest BCUT2D eigenvalue weighted by atomic mass is 16.5. The Morgan fingerprint density at radius 3 is 2.10 bits per heavy atom. The number of carbonyl (C=O) groups is 4. The van der Waals surface area contributed by atoms with E-state index in [0.717, 1.165) is 106 Å². The number of likely N-dealkylation sites (tertiary alicyclic amines) is 2. The number of imidazole rings is 2. The molecule has 5 heterocycles. The van der Waals surface area contributed by atoms with Crippen molar-refractivity contribution >= 4 is 57.0 Å². The molecule has 1 spiro atoms. The first-order chi connectivity index (χ1) is 30.3. The Labute approximate surface area is 364 Å². The number of nitrogens with one attached hydrogen (secondary N) is 4. The van der Waals surface area contributed by atoms with E-state index in [0.29, 0.717) is 12.5 Å². The van der Waals surface area contributed by atoms with Gasteiger partial charge in [0.15, 0.2) is 0 Å². The summed E-state index contributed by atoms with van der Waals surface area (Å²) in [5.74, 6) is 1.33. The van der Waals surface area contributed by atoms with E-state index in [1.54, 1.807) is 0 Å². The van der Waals surface area contributed by atoms with Gasteiger partial charge in [-0.05, 0) is 109 Å². The molecule has 2 saturated carbocycles. The number of benzene rings is 3. The molecular weight excluding hydrogens is 801 g/mol. The van der Waals surface area contributed by atoms with Gasteiger partial charge in [-0.25, -0.2) is 19.6 Å². The third-order valence-electron chi connectivity index (χ3n) is 14.2. The van der Waals surface area contributed by atoms with Gasteiger partial charge in [-0.3, -0.25) is 9.59 Å². The van der Waals surface area contributed by atoms with Crippen molar-refractivity contribution in [2.24, 2.45) is 23.2 Å². The maximum atomic E-state index is 14.1. The van der Waals surface area contributed by atoms with E-state index in [1.807, 2.05) is 55.8 Å². The summed E-state index contributed by atoms with van der Waals surface area (Å²) in [6, 6.07) is 16.9. The summed E-state index contributed by atoms with van der Waals surface area (Å²) in [4.78, 5) is 73.2. The van der Waals surface area contributed by atoms with Crippen LogP contribution in [0.2, 0.25) is 0 Å². The van der Waals surface area contributed by atoms with Crippen molar-refractivity contribution in [1.29, 1.82) is 0 Å². The zero-order valence-corrected chi connectivity index (χ0v) is 36.5. The number of aromatic nitrogens is 4. The minimum atomic E-state index is -0.704. The standard InChI is InChI=1S/C48H54N8O7/c1-24(2)39(53-46(59)61-5)44(57)55-23-48(15-16-48)21-36(55)42-49-22-35(52-42)28-9-13-32-31-12-8-27(19-37(31)63-38(32)20-28)26-10-14-33-34(18-26)51-43(50-33)41-29-7-11-30(17-29)56(41)45(58)40(25(3)4)54-47(60)62-6/h8-10,12-14,18-20,22,24-25,29-30,36,39-41H,7,11,15-17,21,23H2,1-6H3,(H,49,52)(H,50,51)(H,53,59)(H,54,60)/t29?,30-,36+,39+,40+,41+/m1/s1. The minimum absolute atomic E-state index is 0.0992. The van der Waals surface area contributed by atoms with Crippen LogP contribution < -0.4 is 10.6 Å². The number of fused-ring (bicyclic) bond motifs is 6. The van der Waals surface area contributed by atoms with Gasteiger partial charge in [-0.15, -0.1) is 0 Å². The lowest BCUT2D eigenvalue weighted by atomic mass is 9.95. The van der Waals surface area contributed by atoms with Gasteiger partial charge in [0.1, 0.15) is 34.9 Å². The summed E-state index contributed by atoms with van der Waals surface area (Å²) in [5.41, 5.74) is 7.06. The molecule has 15 nitrogen and oxygen atoms in total. The SMILES string of the molecule is COC(=O)N[C@H](C(=O)N1CC2(CC2)C[C@H]1c1ncc(-c2ccc3c(c2)oc2cc(-c4ccc5nc([C@@H]6C7CC[C@H](C7)N6C(=O)[C@@H](NC(=O)OC)C(C)C)[nH]c5c4)ccc23)[nH]1)C(C)C. The number of carbonyl (C=O) groups excluding carboxylic acids is 4. The Hall–Kier alpha value is -6.38. The third kappa shape index (κ3) is 7.14. The summed E-state index contributed by atoms with van der Waals surface area (Å²) in [6.07, 6.45) is 6.44. The molecule has 4 N–H and O–H groups in total. The second kappa shape index (κ2) is 15.5. The van der Waals surface area contributed by atoms with Crippen LogP contribution in [0, 0.1) is 23.2 Å². The van der Waals surface area contributed by atoms with Crippen molar-refractivity contribution in [3.63, 3.8) is 0 Å². The average molecular weight is 855 g/mol. The first-order valence-corrected chi connectivity index (χ1v) is 22.2. The van der Waals surface area contributed by atoms with Gasteiger partial charge in [0.2, 0.25) is 11.8 Å². The fourth-order valence-electron chi connectivity index (χ4n) is 10.6. The molecule has 2 aliphatic heterocycles. The number of H-pyrrole nitrogens is 2. The van der Waals surface area contributed by atoms with Gasteiger partial charge >= 0.3 is 12.2 Å². The number of hydrogen-bond acceptors (Lipinski definition) is 9. The van der Waals surface area contributed by atoms with Crippen LogP contribution in [0.15, 0.2) is 65.2 Å². The summed E-state index contributed by atoms with van der Waals surface area (Å²) >= 11 is 0. The molecule has 1 unspecified atom stereocenters. The molecule has 6 aromatic rings. The number of piperidine rings is 1. The fraction of sp³-hybridized carbons (Fsp3) is 0.458. The second-order valence-corrected chi connectivity index (χ2v) is 18.9. The number of ether oxygens (including phenoxy) is 2. The third-order valence-corrected chi connectivity index (χ3v) is 14.2. The van der Waals surface area contributed by atoms with Crippen LogP contribution in [0.5, 0.6) is 0 Å². The largest absolute Gasteiger partial charge is 0.456 e. The van der Waals surface area contributed by atoms with Crippen LogP contribution in [0.3, 0.4) is 0 Å². The quantitative estimate of drug-likeness (QED) is 0.105. The number of rotatable bonds is 10. The molecule has 3 aromatic carbocycles. The Bertz CT molecular complexity index is 2780. The number of aromatic amines is 2. The molecule has 2 aliphatic carbocycles. The van der Waals surface area contributed by atoms with Gasteiger partial charge in [-0.2, -0.15) is 0 Å². The van der Waals surface area contributed by atoms with Crippen LogP contribution >= 0.6 is 0 Å². The van der Waals surface area contributed by atoms with Crippen LogP contribution in [-0.2, 0) is 19.1 Å². The number of nitrogens with zero attached hydrogens (tertiary/aromatic N) is 4. The predicted octanol–water partition coefficient (Wildman–Crippen LogP) is 8.39. The maximum Gasteiger partial charge on any atom is 0.407 e. The van der Waals surface area contributed by atoms with Crippen molar-refractivity contribution in [2.75, 3.05) is 20.8 Å². The Morgan fingerprint density at radius 1 is 0.794 bits per heavy atom. The number of furan rings is 1. The van der Waals surface area contributed by atoms with E-state index >= 15 is 0 Å². The first kappa shape index (κ1) is 40.7. The van der Waals surface area contributed by atoms with Gasteiger partial charge in [0.05, 0.1) is 49.2 Å². The van der Waals surface area contributed by atoms with E-state index in [2.05, 4.69) is 63.1 Å². The Balaban J connectivity index is 0.895. The topological polar surface area (TPSA) is 188 Å². The molecule has 4 amide bonds. The highest BCUT2D eigenvalue weighted by Gasteiger charge is 2.55. The van der Waals surface area contributed by atoms with E-state index in [9.17, 15) is 19.2 Å². The second-order valence-electron chi connectivity index (χ2n) is 18.9. The van der Waals surface area contributed by atoms with E-state index < -0.39 is 24.3 Å². The van der Waals surface area contributed by atoms with Crippen LogP contribution in [0.1, 0.15) is 90.0 Å². The van der Waals surface area contributed by atoms with Crippen molar-refractivity contribution in [2.45, 2.75) is 96.4 Å². The van der Waals surface area contributed by atoms with Crippen molar-refractivity contribution in [1.82, 2.24) is 40.4 Å². The molecule has 3 aromatic heterocycles. The molecule has 4 aliphatic rings. The van der Waals surface area contributed by atoms with Crippen LogP contribution in [0.4, 0.5) is 9.59 Å². The maximum absolute atomic E-state index is 14.1. The monoisotopic (exact) mass is 854 g/mol. The van der Waals surface area contributed by atoms with E-state index in [1.165, 1.54) is 14.2 Å². The molecule has 63 heavy (non-hydrogen) atoms. The summed E-state index contributed by atoms with van der Waals surface area (Å²) < 4.78 is 16.2. The van der Waals surface area contributed by atoms with Gasteiger partial charge < -0.3 is 44.3 Å². The summed E-state index contributed by atoms with van der Waals surface area (Å²) in [5, 5.41) is 7.53. The molecule has 2 bridgehead atoms. The molecule has 2 saturated heterocycles. The van der Waals surface area contributed by atoms with Crippen LogP contribution in [-0.4, -0.2) is 92.6 Å². The first-order valence-electron chi connectivity index (χ1n) is 22.2. The number of amides is 4. The van der Waals surface area contributed by atoms with Gasteiger partial charge in [0.25, 0.3) is 0 Å². The number of alkyl carbamates (subject to hydrolysis) is 2. The Kier molecular flexibility index (Phi) is 9.98. The zero-order valence-electron chi connectivity index (χ0n) is 36.5. The van der Waals surface area contributed by atoms with Crippen LogP contribution in [0.25, 0.3) is 55.4 Å². The van der Waals surface area contributed by atoms with Gasteiger partial charge in [0, 0.05) is 28.9 Å². The lowest BCUT2D eigenvalue weighted by Gasteiger charge is -2.37. The molecule has 328 valence electrons. The van der Waals surface area contributed by atoms with Crippen molar-refractivity contribution < 1.29 is 33.1 Å². The summed E-state index contributed by atoms with van der Waals surface area (Å²) in [6.45, 7) is 8.34.